The minimum absolute atomic E-state index is 0.169. The van der Waals surface area contributed by atoms with Gasteiger partial charge in [0.1, 0.15) is 17.7 Å². The molecule has 0 amide bonds. The third kappa shape index (κ3) is 2.75. The number of ether oxygens (including phenoxy) is 1. The van der Waals surface area contributed by atoms with Gasteiger partial charge in [-0.05, 0) is 24.6 Å². The molecule has 10 heteroatoms. The van der Waals surface area contributed by atoms with Crippen molar-refractivity contribution in [1.29, 1.82) is 0 Å². The van der Waals surface area contributed by atoms with Crippen molar-refractivity contribution in [2.75, 3.05) is 0 Å². The van der Waals surface area contributed by atoms with Gasteiger partial charge in [-0.15, -0.1) is 0 Å². The van der Waals surface area contributed by atoms with Crippen LogP contribution in [0.1, 0.15) is 11.3 Å². The van der Waals surface area contributed by atoms with Crippen LogP contribution in [0.4, 0.5) is 13.2 Å². The number of hydrogen-bond acceptors (Lipinski definition) is 6. The van der Waals surface area contributed by atoms with Gasteiger partial charge in [0.25, 0.3) is 5.78 Å². The Morgan fingerprint density at radius 1 is 1.19 bits per heavy atom. The van der Waals surface area contributed by atoms with Gasteiger partial charge in [-0.1, -0.05) is 0 Å². The summed E-state index contributed by atoms with van der Waals surface area (Å²) in [5.41, 5.74) is -0.720. The lowest BCUT2D eigenvalue weighted by Crippen LogP contribution is -2.11. The van der Waals surface area contributed by atoms with Crippen LogP contribution in [0.15, 0.2) is 45.9 Å². The largest absolute Gasteiger partial charge is 0.439 e. The predicted molar refractivity (Wildman–Crippen MR) is 83.1 cm³/mol. The zero-order chi connectivity index (χ0) is 18.5. The van der Waals surface area contributed by atoms with Gasteiger partial charge >= 0.3 is 11.8 Å². The summed E-state index contributed by atoms with van der Waals surface area (Å²) in [6.07, 6.45) is -3.60. The van der Waals surface area contributed by atoms with E-state index in [4.69, 9.17) is 9.15 Å². The molecule has 0 N–H and O–H groups in total. The Morgan fingerprint density at radius 3 is 2.77 bits per heavy atom. The van der Waals surface area contributed by atoms with E-state index in [1.165, 1.54) is 12.1 Å². The molecule has 0 spiro atoms. The summed E-state index contributed by atoms with van der Waals surface area (Å²) >= 11 is 0. The highest BCUT2D eigenvalue weighted by Gasteiger charge is 2.34. The van der Waals surface area contributed by atoms with E-state index < -0.39 is 17.5 Å². The van der Waals surface area contributed by atoms with Gasteiger partial charge in [-0.2, -0.15) is 27.8 Å². The second kappa shape index (κ2) is 5.55. The number of fused-ring (bicyclic) bond motifs is 2. The highest BCUT2D eigenvalue weighted by Crippen LogP contribution is 2.32. The molecule has 3 heterocycles. The number of halogens is 3. The van der Waals surface area contributed by atoms with Crippen LogP contribution in [0.25, 0.3) is 16.7 Å². The second-order valence-electron chi connectivity index (χ2n) is 5.46. The third-order valence-electron chi connectivity index (χ3n) is 3.65. The van der Waals surface area contributed by atoms with Crippen molar-refractivity contribution in [1.82, 2.24) is 19.6 Å². The number of hydrogen-bond donors (Lipinski definition) is 0. The molecule has 0 fully saturated rings. The smallest absolute Gasteiger partial charge is 0.433 e. The van der Waals surface area contributed by atoms with Gasteiger partial charge < -0.3 is 9.15 Å². The Morgan fingerprint density at radius 2 is 2.00 bits per heavy atom. The van der Waals surface area contributed by atoms with Crippen molar-refractivity contribution >= 4 is 16.7 Å². The molecule has 0 aliphatic rings. The Kier molecular flexibility index (Phi) is 3.43. The van der Waals surface area contributed by atoms with Gasteiger partial charge in [0.2, 0.25) is 5.88 Å². The van der Waals surface area contributed by atoms with Crippen molar-refractivity contribution in [3.63, 3.8) is 0 Å². The van der Waals surface area contributed by atoms with E-state index >= 15 is 0 Å². The molecule has 132 valence electrons. The Bertz CT molecular complexity index is 1200. The minimum atomic E-state index is -4.67. The van der Waals surface area contributed by atoms with Crippen LogP contribution < -0.4 is 10.4 Å². The van der Waals surface area contributed by atoms with Crippen LogP contribution in [-0.4, -0.2) is 19.6 Å². The number of alkyl halides is 3. The highest BCUT2D eigenvalue weighted by molar-refractivity contribution is 5.81. The standard InChI is InChI=1S/C16H9F3N4O3/c1-8-4-14(24)26-11-5-9(2-3-10(8)11)25-13-6-12(16(17,18)19)22-15-20-7-21-23(13)15/h2-7H,1H3. The molecule has 1 aromatic carbocycles. The van der Waals surface area contributed by atoms with E-state index in [2.05, 4.69) is 15.1 Å². The van der Waals surface area contributed by atoms with E-state index in [0.717, 1.165) is 16.9 Å². The van der Waals surface area contributed by atoms with Gasteiger partial charge in [0.05, 0.1) is 0 Å². The van der Waals surface area contributed by atoms with Crippen molar-refractivity contribution in [2.45, 2.75) is 13.1 Å². The maximum absolute atomic E-state index is 13.0. The van der Waals surface area contributed by atoms with E-state index in [1.807, 2.05) is 0 Å². The molecular formula is C16H9F3N4O3. The highest BCUT2D eigenvalue weighted by atomic mass is 19.4. The molecule has 7 nitrogen and oxygen atoms in total. The van der Waals surface area contributed by atoms with Crippen LogP contribution in [0.5, 0.6) is 11.6 Å². The third-order valence-corrected chi connectivity index (χ3v) is 3.65. The normalized spacial score (nSPS) is 12.0. The maximum atomic E-state index is 13.0. The van der Waals surface area contributed by atoms with Gasteiger partial charge in [0.15, 0.2) is 5.69 Å². The quantitative estimate of drug-likeness (QED) is 0.509. The molecule has 26 heavy (non-hydrogen) atoms. The molecule has 0 radical (unpaired) electrons. The number of rotatable bonds is 2. The number of benzene rings is 1. The molecule has 4 aromatic rings. The first-order chi connectivity index (χ1) is 12.3. The average Bonchev–Trinajstić information content (AvgIpc) is 3.02. The fraction of sp³-hybridized carbons (Fsp3) is 0.125. The second-order valence-corrected chi connectivity index (χ2v) is 5.46. The zero-order valence-electron chi connectivity index (χ0n) is 13.1. The monoisotopic (exact) mass is 362 g/mol. The first-order valence-electron chi connectivity index (χ1n) is 7.31. The lowest BCUT2D eigenvalue weighted by molar-refractivity contribution is -0.141. The molecule has 0 aliphatic heterocycles. The fourth-order valence-electron chi connectivity index (χ4n) is 2.49. The summed E-state index contributed by atoms with van der Waals surface area (Å²) in [6.45, 7) is 1.75. The molecule has 0 saturated carbocycles. The fourth-order valence-corrected chi connectivity index (χ4v) is 2.49. The molecule has 0 bridgehead atoms. The summed E-state index contributed by atoms with van der Waals surface area (Å²) < 4.78 is 50.7. The molecular weight excluding hydrogens is 353 g/mol. The first kappa shape index (κ1) is 16.1. The van der Waals surface area contributed by atoms with Crippen molar-refractivity contribution < 1.29 is 22.3 Å². The minimum Gasteiger partial charge on any atom is -0.439 e. The average molecular weight is 362 g/mol. The van der Waals surface area contributed by atoms with Crippen molar-refractivity contribution in [2.24, 2.45) is 0 Å². The molecule has 4 rings (SSSR count). The Labute approximate surface area is 142 Å². The van der Waals surface area contributed by atoms with Crippen LogP contribution in [0.2, 0.25) is 0 Å². The Hall–Kier alpha value is -3.43. The SMILES string of the molecule is Cc1cc(=O)oc2cc(Oc3cc(C(F)(F)F)nc4ncnn34)ccc12. The summed E-state index contributed by atoms with van der Waals surface area (Å²) in [5, 5.41) is 4.49. The van der Waals surface area contributed by atoms with Gasteiger partial charge in [-0.25, -0.2) is 9.78 Å². The van der Waals surface area contributed by atoms with Crippen LogP contribution >= 0.6 is 0 Å². The topological polar surface area (TPSA) is 82.5 Å². The lowest BCUT2D eigenvalue weighted by Gasteiger charge is -2.11. The van der Waals surface area contributed by atoms with E-state index in [1.54, 1.807) is 19.1 Å². The van der Waals surface area contributed by atoms with E-state index in [0.29, 0.717) is 10.9 Å². The molecule has 0 atom stereocenters. The molecule has 3 aromatic heterocycles. The number of nitrogens with zero attached hydrogens (tertiary/aromatic N) is 4. The predicted octanol–water partition coefficient (Wildman–Crippen LogP) is 3.35. The van der Waals surface area contributed by atoms with Gasteiger partial charge in [0, 0.05) is 23.6 Å². The van der Waals surface area contributed by atoms with Crippen LogP contribution in [0.3, 0.4) is 0 Å². The zero-order valence-corrected chi connectivity index (χ0v) is 13.1. The lowest BCUT2D eigenvalue weighted by atomic mass is 10.1. The summed E-state index contributed by atoms with van der Waals surface area (Å²) in [7, 11) is 0. The number of aromatic nitrogens is 4. The van der Waals surface area contributed by atoms with Crippen molar-refractivity contribution in [3.05, 3.63) is 58.3 Å². The summed E-state index contributed by atoms with van der Waals surface area (Å²) in [5.74, 6) is -0.311. The number of aryl methyl sites for hydroxylation is 1. The van der Waals surface area contributed by atoms with E-state index in [-0.39, 0.29) is 23.0 Å². The molecule has 0 saturated heterocycles. The van der Waals surface area contributed by atoms with Crippen LogP contribution in [0, 0.1) is 6.92 Å². The van der Waals surface area contributed by atoms with Crippen LogP contribution in [-0.2, 0) is 6.18 Å². The van der Waals surface area contributed by atoms with Crippen molar-refractivity contribution in [3.8, 4) is 11.6 Å². The van der Waals surface area contributed by atoms with Gasteiger partial charge in [-0.3, -0.25) is 0 Å². The maximum Gasteiger partial charge on any atom is 0.433 e. The summed E-state index contributed by atoms with van der Waals surface area (Å²) in [4.78, 5) is 18.6. The van der Waals surface area contributed by atoms with E-state index in [9.17, 15) is 18.0 Å². The molecule has 0 aliphatic carbocycles. The Balaban J connectivity index is 1.83. The summed E-state index contributed by atoms with van der Waals surface area (Å²) in [6, 6.07) is 6.68. The first-order valence-corrected chi connectivity index (χ1v) is 7.31. The molecule has 0 unspecified atom stereocenters.